The van der Waals surface area contributed by atoms with Gasteiger partial charge in [-0.05, 0) is 79.1 Å². The van der Waals surface area contributed by atoms with Crippen molar-refractivity contribution in [3.8, 4) is 5.75 Å². The normalized spacial score (nSPS) is 19.1. The Kier molecular flexibility index (Phi) is 8.79. The summed E-state index contributed by atoms with van der Waals surface area (Å²) in [5, 5.41) is 2.86. The maximum absolute atomic E-state index is 12.9. The molecule has 0 radical (unpaired) electrons. The second-order valence-corrected chi connectivity index (χ2v) is 12.9. The molecule has 1 amide bonds. The van der Waals surface area contributed by atoms with Crippen molar-refractivity contribution in [2.45, 2.75) is 62.1 Å². The van der Waals surface area contributed by atoms with E-state index in [9.17, 15) is 26.4 Å². The van der Waals surface area contributed by atoms with E-state index in [0.29, 0.717) is 30.9 Å². The highest BCUT2D eigenvalue weighted by molar-refractivity contribution is 7.91. The number of benzene rings is 3. The van der Waals surface area contributed by atoms with Crippen molar-refractivity contribution in [2.75, 3.05) is 23.8 Å². The summed E-state index contributed by atoms with van der Waals surface area (Å²) in [7, 11) is -3.28. The molecule has 0 aromatic heterocycles. The minimum atomic E-state index is -4.40. The van der Waals surface area contributed by atoms with E-state index in [1.807, 2.05) is 12.1 Å². The molecule has 2 fully saturated rings. The number of carbonyl (C=O) groups excluding carboxylic acids is 1. The summed E-state index contributed by atoms with van der Waals surface area (Å²) in [4.78, 5) is 15.2. The monoisotopic (exact) mass is 602 g/mol. The van der Waals surface area contributed by atoms with Gasteiger partial charge in [-0.25, -0.2) is 8.42 Å². The van der Waals surface area contributed by atoms with Crippen molar-refractivity contribution in [1.29, 1.82) is 0 Å². The molecule has 42 heavy (non-hydrogen) atoms. The molecule has 3 aromatic carbocycles. The number of nitrogens with zero attached hydrogens (tertiary/aromatic N) is 1. The lowest BCUT2D eigenvalue weighted by Crippen LogP contribution is -2.33. The van der Waals surface area contributed by atoms with Gasteiger partial charge in [0.05, 0.1) is 41.5 Å². The van der Waals surface area contributed by atoms with Crippen molar-refractivity contribution < 1.29 is 35.9 Å². The number of anilines is 1. The Labute approximate surface area is 243 Å². The zero-order valence-corrected chi connectivity index (χ0v) is 24.0. The standard InChI is InChI=1S/C31H33F3N2O5S/c1-2-42(38,39)29-15-3-21(4-16-29)18-35-30(37)22-5-9-24(10-6-22)36-19-28(17-25(36)20-40-26-13-14-26)41-27-11-7-23(8-12-27)31(32,33)34/h3-12,15-16,25-26,28H,2,13-14,17-20H2,1H3,(H,35,37)/t25-,28?/m0/s1. The van der Waals surface area contributed by atoms with Crippen LogP contribution in [0.25, 0.3) is 0 Å². The van der Waals surface area contributed by atoms with Crippen LogP contribution in [0.3, 0.4) is 0 Å². The Morgan fingerprint density at radius 1 is 0.952 bits per heavy atom. The first-order valence-corrected chi connectivity index (χ1v) is 15.6. The predicted octanol–water partition coefficient (Wildman–Crippen LogP) is 5.63. The van der Waals surface area contributed by atoms with E-state index in [-0.39, 0.29) is 41.4 Å². The molecule has 7 nitrogen and oxygen atoms in total. The number of nitrogens with one attached hydrogen (secondary N) is 1. The summed E-state index contributed by atoms with van der Waals surface area (Å²) in [5.74, 6) is 0.146. The summed E-state index contributed by atoms with van der Waals surface area (Å²) in [5.41, 5.74) is 1.43. The highest BCUT2D eigenvalue weighted by atomic mass is 32.2. The van der Waals surface area contributed by atoms with Crippen LogP contribution in [-0.4, -0.2) is 51.5 Å². The van der Waals surface area contributed by atoms with Crippen LogP contribution in [0.4, 0.5) is 18.9 Å². The Morgan fingerprint density at radius 3 is 2.21 bits per heavy atom. The number of ether oxygens (including phenoxy) is 2. The molecule has 1 heterocycles. The fourth-order valence-electron chi connectivity index (χ4n) is 4.90. The van der Waals surface area contributed by atoms with E-state index >= 15 is 0 Å². The van der Waals surface area contributed by atoms with E-state index in [1.54, 1.807) is 43.3 Å². The molecule has 1 saturated heterocycles. The van der Waals surface area contributed by atoms with Crippen molar-refractivity contribution in [3.05, 3.63) is 89.5 Å². The smallest absolute Gasteiger partial charge is 0.416 e. The molecule has 1 saturated carbocycles. The summed E-state index contributed by atoms with van der Waals surface area (Å²) in [6, 6.07) is 18.4. The highest BCUT2D eigenvalue weighted by Gasteiger charge is 2.36. The van der Waals surface area contributed by atoms with Gasteiger partial charge in [0, 0.05) is 24.2 Å². The van der Waals surface area contributed by atoms with Gasteiger partial charge >= 0.3 is 6.18 Å². The van der Waals surface area contributed by atoms with Crippen molar-refractivity contribution in [3.63, 3.8) is 0 Å². The van der Waals surface area contributed by atoms with Crippen LogP contribution < -0.4 is 15.0 Å². The maximum Gasteiger partial charge on any atom is 0.416 e. The minimum absolute atomic E-state index is 0.0178. The highest BCUT2D eigenvalue weighted by Crippen LogP contribution is 2.33. The minimum Gasteiger partial charge on any atom is -0.489 e. The number of amides is 1. The van der Waals surface area contributed by atoms with Gasteiger partial charge in [0.15, 0.2) is 9.84 Å². The number of hydrogen-bond donors (Lipinski definition) is 1. The lowest BCUT2D eigenvalue weighted by molar-refractivity contribution is -0.137. The summed E-state index contributed by atoms with van der Waals surface area (Å²) >= 11 is 0. The molecule has 0 bridgehead atoms. The van der Waals surface area contributed by atoms with Gasteiger partial charge in [0.2, 0.25) is 0 Å². The number of carbonyl (C=O) groups is 1. The Bertz CT molecular complexity index is 1470. The van der Waals surface area contributed by atoms with E-state index in [1.165, 1.54) is 12.1 Å². The van der Waals surface area contributed by atoms with Crippen molar-refractivity contribution >= 4 is 21.4 Å². The lowest BCUT2D eigenvalue weighted by Gasteiger charge is -2.26. The van der Waals surface area contributed by atoms with Crippen LogP contribution in [0, 0.1) is 0 Å². The zero-order valence-electron chi connectivity index (χ0n) is 23.1. The molecule has 5 rings (SSSR count). The van der Waals surface area contributed by atoms with Crippen LogP contribution in [-0.2, 0) is 27.3 Å². The predicted molar refractivity (Wildman–Crippen MR) is 152 cm³/mol. The Hall–Kier alpha value is -3.57. The van der Waals surface area contributed by atoms with Crippen LogP contribution in [0.2, 0.25) is 0 Å². The number of alkyl halides is 3. The van der Waals surface area contributed by atoms with Crippen LogP contribution in [0.15, 0.2) is 77.7 Å². The zero-order chi connectivity index (χ0) is 29.9. The molecule has 0 spiro atoms. The first-order valence-electron chi connectivity index (χ1n) is 13.9. The van der Waals surface area contributed by atoms with Crippen molar-refractivity contribution in [2.24, 2.45) is 0 Å². The van der Waals surface area contributed by atoms with E-state index in [4.69, 9.17) is 9.47 Å². The van der Waals surface area contributed by atoms with Gasteiger partial charge in [-0.1, -0.05) is 19.1 Å². The van der Waals surface area contributed by atoms with Gasteiger partial charge in [0.1, 0.15) is 11.9 Å². The third-order valence-electron chi connectivity index (χ3n) is 7.49. The molecule has 1 unspecified atom stereocenters. The number of rotatable bonds is 11. The molecule has 224 valence electrons. The van der Waals surface area contributed by atoms with Crippen LogP contribution in [0.5, 0.6) is 5.75 Å². The Morgan fingerprint density at radius 2 is 1.62 bits per heavy atom. The third kappa shape index (κ3) is 7.43. The molecule has 1 N–H and O–H groups in total. The van der Waals surface area contributed by atoms with Crippen molar-refractivity contribution in [1.82, 2.24) is 5.32 Å². The largest absolute Gasteiger partial charge is 0.489 e. The SMILES string of the molecule is CCS(=O)(=O)c1ccc(CNC(=O)c2ccc(N3CC(Oc4ccc(C(F)(F)F)cc4)C[C@H]3COC3CC3)cc2)cc1. The fraction of sp³-hybridized carbons (Fsp3) is 0.387. The molecule has 2 aliphatic rings. The summed E-state index contributed by atoms with van der Waals surface area (Å²) in [6.07, 6.45) is -1.62. The number of hydrogen-bond acceptors (Lipinski definition) is 6. The third-order valence-corrected chi connectivity index (χ3v) is 9.24. The molecule has 11 heteroatoms. The van der Waals surface area contributed by atoms with Gasteiger partial charge in [-0.15, -0.1) is 0 Å². The average Bonchev–Trinajstić information content (AvgIpc) is 3.73. The second-order valence-electron chi connectivity index (χ2n) is 10.6. The van der Waals surface area contributed by atoms with Crippen LogP contribution in [0.1, 0.15) is 47.7 Å². The number of halogens is 3. The van der Waals surface area contributed by atoms with E-state index in [2.05, 4.69) is 10.2 Å². The number of sulfone groups is 1. The average molecular weight is 603 g/mol. The van der Waals surface area contributed by atoms with Gasteiger partial charge in [-0.3, -0.25) is 4.79 Å². The second kappa shape index (κ2) is 12.3. The van der Waals surface area contributed by atoms with Gasteiger partial charge in [-0.2, -0.15) is 13.2 Å². The first kappa shape index (κ1) is 29.9. The maximum atomic E-state index is 12.9. The Balaban J connectivity index is 1.20. The molecule has 3 aromatic rings. The molecule has 2 atom stereocenters. The molecular formula is C31H33F3N2O5S. The van der Waals surface area contributed by atoms with E-state index in [0.717, 1.165) is 36.2 Å². The molecule has 1 aliphatic carbocycles. The molecule has 1 aliphatic heterocycles. The summed E-state index contributed by atoms with van der Waals surface area (Å²) in [6.45, 7) is 2.88. The van der Waals surface area contributed by atoms with Crippen LogP contribution >= 0.6 is 0 Å². The van der Waals surface area contributed by atoms with Gasteiger partial charge in [0.25, 0.3) is 5.91 Å². The first-order chi connectivity index (χ1) is 20.0. The van der Waals surface area contributed by atoms with Gasteiger partial charge < -0.3 is 19.7 Å². The summed E-state index contributed by atoms with van der Waals surface area (Å²) < 4.78 is 74.8. The van der Waals surface area contributed by atoms with E-state index < -0.39 is 21.6 Å². The fourth-order valence-corrected chi connectivity index (χ4v) is 5.78. The lowest BCUT2D eigenvalue weighted by atomic mass is 10.1. The quantitative estimate of drug-likeness (QED) is 0.306. The molecular weight excluding hydrogens is 569 g/mol. The topological polar surface area (TPSA) is 84.9 Å².